The molecule has 0 N–H and O–H groups in total. The van der Waals surface area contributed by atoms with E-state index in [9.17, 15) is 14.4 Å². The summed E-state index contributed by atoms with van der Waals surface area (Å²) in [5.41, 5.74) is 2.97. The molecule has 7 rings (SSSR count). The third-order valence-corrected chi connectivity index (χ3v) is 8.10. The van der Waals surface area contributed by atoms with Crippen molar-refractivity contribution in [2.24, 2.45) is 11.8 Å². The van der Waals surface area contributed by atoms with Crippen LogP contribution in [0.1, 0.15) is 27.5 Å². The Morgan fingerprint density at radius 3 is 2.29 bits per heavy atom. The summed E-state index contributed by atoms with van der Waals surface area (Å²) < 4.78 is 5.26. The molecule has 0 aliphatic carbocycles. The second kappa shape index (κ2) is 8.42. The predicted octanol–water partition coefficient (Wildman–Crippen LogP) is 5.25. The maximum atomic E-state index is 14.1. The number of imide groups is 1. The molecule has 3 heterocycles. The van der Waals surface area contributed by atoms with Crippen LogP contribution in [0.15, 0.2) is 97.2 Å². The second-order valence-electron chi connectivity index (χ2n) is 9.97. The first-order chi connectivity index (χ1) is 18.6. The number of nitrogens with zero attached hydrogens (tertiary/aromatic N) is 2. The Morgan fingerprint density at radius 2 is 1.50 bits per heavy atom. The van der Waals surface area contributed by atoms with E-state index in [-0.39, 0.29) is 17.6 Å². The first kappa shape index (κ1) is 22.5. The molecule has 0 bridgehead atoms. The number of benzene rings is 4. The Labute approximate surface area is 219 Å². The van der Waals surface area contributed by atoms with Gasteiger partial charge in [0.15, 0.2) is 5.78 Å². The average molecular weight is 501 g/mol. The number of hydrogen-bond donors (Lipinski definition) is 0. The average Bonchev–Trinajstić information content (AvgIpc) is 3.44. The van der Waals surface area contributed by atoms with Crippen LogP contribution in [-0.4, -0.2) is 35.6 Å². The first-order valence-corrected chi connectivity index (χ1v) is 12.7. The van der Waals surface area contributed by atoms with Crippen molar-refractivity contribution in [2.45, 2.75) is 12.1 Å². The topological polar surface area (TPSA) is 66.9 Å². The zero-order chi connectivity index (χ0) is 26.0. The molecular weight excluding hydrogens is 476 g/mol. The van der Waals surface area contributed by atoms with Crippen LogP contribution in [0.3, 0.4) is 0 Å². The molecule has 3 aliphatic heterocycles. The van der Waals surface area contributed by atoms with E-state index in [0.29, 0.717) is 17.0 Å². The number of amides is 2. The molecule has 6 heteroatoms. The van der Waals surface area contributed by atoms with E-state index in [1.807, 2.05) is 83.9 Å². The van der Waals surface area contributed by atoms with Crippen LogP contribution in [0.5, 0.6) is 5.75 Å². The molecule has 2 amide bonds. The van der Waals surface area contributed by atoms with Gasteiger partial charge < -0.3 is 9.64 Å². The van der Waals surface area contributed by atoms with Gasteiger partial charge in [-0.15, -0.1) is 0 Å². The van der Waals surface area contributed by atoms with Gasteiger partial charge in [0.25, 0.3) is 0 Å². The number of anilines is 1. The number of methoxy groups -OCH3 is 1. The molecule has 4 aromatic carbocycles. The van der Waals surface area contributed by atoms with E-state index in [1.54, 1.807) is 31.4 Å². The number of ether oxygens (including phenoxy) is 1. The summed E-state index contributed by atoms with van der Waals surface area (Å²) in [5.74, 6) is -1.61. The van der Waals surface area contributed by atoms with Crippen molar-refractivity contribution in [1.82, 2.24) is 4.90 Å². The molecule has 38 heavy (non-hydrogen) atoms. The highest BCUT2D eigenvalue weighted by Gasteiger charge is 2.64. The minimum Gasteiger partial charge on any atom is -0.497 e. The van der Waals surface area contributed by atoms with Crippen molar-refractivity contribution in [3.05, 3.63) is 114 Å². The lowest BCUT2D eigenvalue weighted by atomic mass is 9.83. The molecule has 4 atom stereocenters. The van der Waals surface area contributed by atoms with E-state index in [4.69, 9.17) is 4.74 Å². The van der Waals surface area contributed by atoms with Crippen molar-refractivity contribution < 1.29 is 19.1 Å². The molecule has 0 unspecified atom stereocenters. The summed E-state index contributed by atoms with van der Waals surface area (Å²) in [7, 11) is 1.57. The summed E-state index contributed by atoms with van der Waals surface area (Å²) in [6, 6.07) is 27.0. The number of fused-ring (bicyclic) bond motifs is 6. The van der Waals surface area contributed by atoms with Crippen molar-refractivity contribution in [2.75, 3.05) is 12.0 Å². The van der Waals surface area contributed by atoms with E-state index in [1.165, 1.54) is 4.90 Å². The highest BCUT2D eigenvalue weighted by molar-refractivity contribution is 6.25. The molecule has 3 aliphatic rings. The molecule has 0 spiro atoms. The van der Waals surface area contributed by atoms with Crippen LogP contribution >= 0.6 is 0 Å². The fourth-order valence-electron chi connectivity index (χ4n) is 6.35. The minimum absolute atomic E-state index is 0.185. The van der Waals surface area contributed by atoms with E-state index >= 15 is 0 Å². The Morgan fingerprint density at radius 1 is 0.789 bits per heavy atom. The van der Waals surface area contributed by atoms with Gasteiger partial charge in [0.2, 0.25) is 11.8 Å². The smallest absolute Gasteiger partial charge is 0.240 e. The van der Waals surface area contributed by atoms with Crippen molar-refractivity contribution in [3.8, 4) is 5.75 Å². The predicted molar refractivity (Wildman–Crippen MR) is 145 cm³/mol. The number of carbonyl (C=O) groups excluding carboxylic acids is 3. The molecule has 186 valence electrons. The van der Waals surface area contributed by atoms with Gasteiger partial charge in [-0.05, 0) is 64.4 Å². The number of carbonyl (C=O) groups is 3. The third kappa shape index (κ3) is 3.16. The maximum absolute atomic E-state index is 14.1. The summed E-state index contributed by atoms with van der Waals surface area (Å²) in [6.45, 7) is 0. The molecule has 6 nitrogen and oxygen atoms in total. The van der Waals surface area contributed by atoms with Gasteiger partial charge in [0.1, 0.15) is 11.8 Å². The lowest BCUT2D eigenvalue weighted by molar-refractivity contribution is -0.123. The molecular formula is C32H24N2O4. The summed E-state index contributed by atoms with van der Waals surface area (Å²) in [4.78, 5) is 45.5. The molecule has 0 aromatic heterocycles. The fraction of sp³-hybridized carbons (Fsp3) is 0.156. The number of ketones is 1. The van der Waals surface area contributed by atoms with Crippen LogP contribution in [-0.2, 0) is 9.59 Å². The first-order valence-electron chi connectivity index (χ1n) is 12.7. The Hall–Kier alpha value is -4.71. The molecule has 4 aromatic rings. The van der Waals surface area contributed by atoms with Gasteiger partial charge in [-0.3, -0.25) is 14.4 Å². The van der Waals surface area contributed by atoms with Crippen molar-refractivity contribution >= 4 is 40.1 Å². The van der Waals surface area contributed by atoms with Gasteiger partial charge in [0.05, 0.1) is 30.7 Å². The Balaban J connectivity index is 1.35. The van der Waals surface area contributed by atoms with Gasteiger partial charge in [-0.2, -0.15) is 0 Å². The normalized spacial score (nSPS) is 23.4. The van der Waals surface area contributed by atoms with Crippen molar-refractivity contribution in [3.63, 3.8) is 0 Å². The lowest BCUT2D eigenvalue weighted by Gasteiger charge is -2.35. The van der Waals surface area contributed by atoms with Crippen LogP contribution in [0.4, 0.5) is 5.69 Å². The third-order valence-electron chi connectivity index (χ3n) is 8.10. The summed E-state index contributed by atoms with van der Waals surface area (Å²) in [6.07, 6.45) is 3.83. The van der Waals surface area contributed by atoms with E-state index in [2.05, 4.69) is 0 Å². The van der Waals surface area contributed by atoms with Crippen LogP contribution < -0.4 is 9.64 Å². The second-order valence-corrected chi connectivity index (χ2v) is 9.97. The highest BCUT2D eigenvalue weighted by atomic mass is 16.5. The van der Waals surface area contributed by atoms with Gasteiger partial charge in [-0.25, -0.2) is 4.90 Å². The molecule has 0 saturated carbocycles. The van der Waals surface area contributed by atoms with Gasteiger partial charge in [-0.1, -0.05) is 54.6 Å². The van der Waals surface area contributed by atoms with Crippen LogP contribution in [0, 0.1) is 11.8 Å². The standard InChI is InChI=1S/C32H24N2O4/c1-38-24-14-11-21(12-15-24)30(35)29-27-26(28-25-9-5-4-7-20(25)16-17-33(28)29)31(36)34(32(27)37)23-13-10-19-6-2-3-8-22(19)18-23/h2-18,26-29H,1H3/t26-,27-,28-,29+/m1/s1. The van der Waals surface area contributed by atoms with Crippen LogP contribution in [0.25, 0.3) is 16.8 Å². The maximum Gasteiger partial charge on any atom is 0.240 e. The summed E-state index contributed by atoms with van der Waals surface area (Å²) >= 11 is 0. The van der Waals surface area contributed by atoms with E-state index < -0.39 is 23.9 Å². The lowest BCUT2D eigenvalue weighted by Crippen LogP contribution is -2.44. The van der Waals surface area contributed by atoms with Gasteiger partial charge >= 0.3 is 0 Å². The Kier molecular flexibility index (Phi) is 4.98. The van der Waals surface area contributed by atoms with Crippen LogP contribution in [0.2, 0.25) is 0 Å². The zero-order valence-corrected chi connectivity index (χ0v) is 20.7. The SMILES string of the molecule is COc1ccc(C(=O)[C@@H]2[C@@H]3C(=O)N(c4ccc5ccccc5c4)C(=O)[C@H]3[C@H]3c4ccccc4C=CN23)cc1. The van der Waals surface area contributed by atoms with Gasteiger partial charge in [0, 0.05) is 11.8 Å². The molecule has 2 fully saturated rings. The monoisotopic (exact) mass is 500 g/mol. The number of rotatable bonds is 4. The van der Waals surface area contributed by atoms with E-state index in [0.717, 1.165) is 21.9 Å². The minimum atomic E-state index is -0.802. The fourth-order valence-corrected chi connectivity index (χ4v) is 6.35. The molecule has 0 radical (unpaired) electrons. The largest absolute Gasteiger partial charge is 0.497 e. The van der Waals surface area contributed by atoms with Crippen molar-refractivity contribution in [1.29, 1.82) is 0 Å². The Bertz CT molecular complexity index is 1660. The number of hydrogen-bond acceptors (Lipinski definition) is 5. The number of Topliss-reactive ketones (excluding diaryl/α,β-unsaturated/α-hetero) is 1. The highest BCUT2D eigenvalue weighted by Crippen LogP contribution is 2.53. The zero-order valence-electron chi connectivity index (χ0n) is 20.7. The molecule has 2 saturated heterocycles. The summed E-state index contributed by atoms with van der Waals surface area (Å²) in [5, 5.41) is 1.97. The quantitative estimate of drug-likeness (QED) is 0.283.